The van der Waals surface area contributed by atoms with Gasteiger partial charge in [-0.15, -0.1) is 0 Å². The predicted molar refractivity (Wildman–Crippen MR) is 239 cm³/mol. The number of carbonyl (C=O) groups is 2. The van der Waals surface area contributed by atoms with Crippen molar-refractivity contribution in [2.24, 2.45) is 0 Å². The maximum absolute atomic E-state index is 13.6. The number of nitrogens with zero attached hydrogens (tertiary/aromatic N) is 4. The SMILES string of the molecule is Cc1ccc(Oc2cnn(C(C)(C)C)c(=O)c2-c2ccc(C[C@H](NC(=O)c3c(Cl)cccc3Cl)C(=O)O)cc2)cc1.Cc1ccc(Oc2cnn(C(C)(C)C)c(=O)c2Cl)cc1. The third-order valence-corrected chi connectivity index (χ3v) is 10.1. The molecule has 0 bridgehead atoms. The number of hydrogen-bond acceptors (Lipinski definition) is 8. The highest BCUT2D eigenvalue weighted by Crippen LogP contribution is 2.32. The number of carbonyl (C=O) groups excluding carboxylic acids is 1. The molecule has 0 saturated carbocycles. The van der Waals surface area contributed by atoms with Crippen LogP contribution >= 0.6 is 34.8 Å². The second-order valence-corrected chi connectivity index (χ2v) is 17.4. The smallest absolute Gasteiger partial charge is 0.326 e. The summed E-state index contributed by atoms with van der Waals surface area (Å²) in [6.07, 6.45) is 2.97. The number of halogens is 3. The van der Waals surface area contributed by atoms with E-state index in [2.05, 4.69) is 15.5 Å². The Kier molecular flexibility index (Phi) is 14.5. The van der Waals surface area contributed by atoms with E-state index < -0.39 is 29.0 Å². The van der Waals surface area contributed by atoms with Gasteiger partial charge in [0.15, 0.2) is 16.5 Å². The van der Waals surface area contributed by atoms with E-state index in [9.17, 15) is 24.3 Å². The highest BCUT2D eigenvalue weighted by Gasteiger charge is 2.26. The van der Waals surface area contributed by atoms with Gasteiger partial charge in [0, 0.05) is 6.42 Å². The van der Waals surface area contributed by atoms with Gasteiger partial charge in [0.2, 0.25) is 0 Å². The zero-order chi connectivity index (χ0) is 44.8. The van der Waals surface area contributed by atoms with Crippen LogP contribution in [0.5, 0.6) is 23.0 Å². The Morgan fingerprint density at radius 1 is 0.689 bits per heavy atom. The van der Waals surface area contributed by atoms with Crippen molar-refractivity contribution in [1.29, 1.82) is 0 Å². The van der Waals surface area contributed by atoms with Crippen molar-refractivity contribution in [2.75, 3.05) is 0 Å². The molecule has 12 nitrogen and oxygen atoms in total. The van der Waals surface area contributed by atoms with Gasteiger partial charge in [0.1, 0.15) is 17.5 Å². The Hall–Kier alpha value is -5.95. The molecule has 1 atom stereocenters. The van der Waals surface area contributed by atoms with Crippen LogP contribution in [0.3, 0.4) is 0 Å². The number of carboxylic acids is 1. The molecule has 0 aliphatic carbocycles. The summed E-state index contributed by atoms with van der Waals surface area (Å²) in [6.45, 7) is 15.3. The minimum Gasteiger partial charge on any atom is -0.480 e. The molecule has 2 heterocycles. The molecule has 6 rings (SSSR count). The molecule has 0 spiro atoms. The van der Waals surface area contributed by atoms with Gasteiger partial charge in [0.25, 0.3) is 17.0 Å². The molecule has 0 saturated heterocycles. The Labute approximate surface area is 368 Å². The van der Waals surface area contributed by atoms with Crippen molar-refractivity contribution in [3.05, 3.63) is 161 Å². The van der Waals surface area contributed by atoms with E-state index in [1.54, 1.807) is 30.3 Å². The summed E-state index contributed by atoms with van der Waals surface area (Å²) in [5, 5.41) is 21.0. The fraction of sp³-hybridized carbons (Fsp3) is 0.261. The first kappa shape index (κ1) is 46.1. The van der Waals surface area contributed by atoms with E-state index in [-0.39, 0.29) is 43.9 Å². The molecule has 318 valence electrons. The molecule has 2 aromatic heterocycles. The fourth-order valence-corrected chi connectivity index (χ4v) is 6.62. The second-order valence-electron chi connectivity index (χ2n) is 16.2. The highest BCUT2D eigenvalue weighted by molar-refractivity contribution is 6.39. The first-order valence-corrected chi connectivity index (χ1v) is 20.2. The van der Waals surface area contributed by atoms with Crippen LogP contribution in [0.2, 0.25) is 15.1 Å². The van der Waals surface area contributed by atoms with Gasteiger partial charge in [-0.25, -0.2) is 14.2 Å². The van der Waals surface area contributed by atoms with E-state index in [1.165, 1.54) is 33.9 Å². The minimum atomic E-state index is -1.25. The van der Waals surface area contributed by atoms with Crippen molar-refractivity contribution in [3.63, 3.8) is 0 Å². The van der Waals surface area contributed by atoms with Crippen LogP contribution in [0.4, 0.5) is 0 Å². The molecule has 61 heavy (non-hydrogen) atoms. The molecule has 0 unspecified atom stereocenters. The molecule has 4 aromatic carbocycles. The molecular formula is C46H46Cl3N5O7. The summed E-state index contributed by atoms with van der Waals surface area (Å²) < 4.78 is 14.4. The van der Waals surface area contributed by atoms with Crippen molar-refractivity contribution in [2.45, 2.75) is 78.9 Å². The van der Waals surface area contributed by atoms with Gasteiger partial charge in [0.05, 0.1) is 44.6 Å². The first-order chi connectivity index (χ1) is 28.6. The highest BCUT2D eigenvalue weighted by atomic mass is 35.5. The summed E-state index contributed by atoms with van der Waals surface area (Å²) >= 11 is 18.3. The molecule has 1 amide bonds. The lowest BCUT2D eigenvalue weighted by molar-refractivity contribution is -0.139. The zero-order valence-electron chi connectivity index (χ0n) is 34.9. The summed E-state index contributed by atoms with van der Waals surface area (Å²) in [6, 6.07) is 25.1. The van der Waals surface area contributed by atoms with Gasteiger partial charge in [-0.1, -0.05) is 101 Å². The third-order valence-electron chi connectivity index (χ3n) is 9.07. The number of amides is 1. The molecule has 0 fully saturated rings. The number of hydrogen-bond donors (Lipinski definition) is 2. The number of carboxylic acid groups (broad SMARTS) is 1. The maximum atomic E-state index is 13.6. The largest absolute Gasteiger partial charge is 0.480 e. The van der Waals surface area contributed by atoms with Gasteiger partial charge < -0.3 is 19.9 Å². The molecule has 0 aliphatic rings. The van der Waals surface area contributed by atoms with Crippen LogP contribution in [0.1, 0.15) is 68.6 Å². The standard InChI is InChI=1S/C31H29Cl2N3O5.C15H17ClN2O2/c1-18-8-14-21(15-9-18)41-25-17-34-36(31(2,3)4)29(38)26(25)20-12-10-19(11-13-20)16-24(30(39)40)35-28(37)27-22(32)6-5-7-23(27)33;1-10-5-7-11(8-6-10)20-12-9-17-18(15(2,3)4)14(19)13(12)16/h5-15,17,24H,16H2,1-4H3,(H,35,37)(H,39,40);5-9H,1-4H3/t24-;/m0./s1. The van der Waals surface area contributed by atoms with E-state index in [0.29, 0.717) is 33.9 Å². The molecule has 6 aromatic rings. The van der Waals surface area contributed by atoms with Gasteiger partial charge in [-0.05, 0) is 103 Å². The topological polar surface area (TPSA) is 155 Å². The van der Waals surface area contributed by atoms with Gasteiger partial charge >= 0.3 is 5.97 Å². The van der Waals surface area contributed by atoms with E-state index in [4.69, 9.17) is 44.3 Å². The normalized spacial score (nSPS) is 11.9. The minimum absolute atomic E-state index is 0.00588. The number of ether oxygens (including phenoxy) is 2. The van der Waals surface area contributed by atoms with E-state index >= 15 is 0 Å². The molecule has 0 radical (unpaired) electrons. The summed E-state index contributed by atoms with van der Waals surface area (Å²) in [7, 11) is 0. The van der Waals surface area contributed by atoms with Crippen LogP contribution in [-0.4, -0.2) is 42.6 Å². The summed E-state index contributed by atoms with van der Waals surface area (Å²) in [5.41, 5.74) is 2.02. The number of aliphatic carboxylic acids is 1. The second kappa shape index (κ2) is 19.2. The summed E-state index contributed by atoms with van der Waals surface area (Å²) in [4.78, 5) is 50.6. The predicted octanol–water partition coefficient (Wildman–Crippen LogP) is 10.3. The van der Waals surface area contributed by atoms with Crippen LogP contribution in [-0.2, 0) is 22.3 Å². The number of aromatic nitrogens is 4. The lowest BCUT2D eigenvalue weighted by Crippen LogP contribution is -2.42. The van der Waals surface area contributed by atoms with E-state index in [0.717, 1.165) is 11.1 Å². The molecular weight excluding hydrogens is 841 g/mol. The Bertz CT molecular complexity index is 2630. The van der Waals surface area contributed by atoms with Crippen molar-refractivity contribution >= 4 is 46.7 Å². The van der Waals surface area contributed by atoms with Crippen molar-refractivity contribution in [3.8, 4) is 34.1 Å². The number of benzene rings is 4. The number of rotatable bonds is 10. The lowest BCUT2D eigenvalue weighted by Gasteiger charge is -2.22. The molecule has 2 N–H and O–H groups in total. The number of nitrogens with one attached hydrogen (secondary N) is 1. The van der Waals surface area contributed by atoms with Crippen LogP contribution in [0.25, 0.3) is 11.1 Å². The Balaban J connectivity index is 0.000000294. The summed E-state index contributed by atoms with van der Waals surface area (Å²) in [5.74, 6) is -0.182. The average Bonchev–Trinajstić information content (AvgIpc) is 3.18. The van der Waals surface area contributed by atoms with Gasteiger partial charge in [-0.3, -0.25) is 14.4 Å². The molecule has 0 aliphatic heterocycles. The van der Waals surface area contributed by atoms with Crippen molar-refractivity contribution in [1.82, 2.24) is 24.9 Å². The average molecular weight is 887 g/mol. The van der Waals surface area contributed by atoms with Crippen molar-refractivity contribution < 1.29 is 24.2 Å². The Morgan fingerprint density at radius 3 is 1.62 bits per heavy atom. The maximum Gasteiger partial charge on any atom is 0.326 e. The van der Waals surface area contributed by atoms with Crippen LogP contribution < -0.4 is 25.9 Å². The monoisotopic (exact) mass is 885 g/mol. The van der Waals surface area contributed by atoms with Crippen LogP contribution in [0.15, 0.2) is 113 Å². The quantitative estimate of drug-likeness (QED) is 0.137. The number of aryl methyl sites for hydroxylation is 2. The van der Waals surface area contributed by atoms with Gasteiger partial charge in [-0.2, -0.15) is 10.2 Å². The molecule has 15 heteroatoms. The third kappa shape index (κ3) is 11.7. The first-order valence-electron chi connectivity index (χ1n) is 19.1. The zero-order valence-corrected chi connectivity index (χ0v) is 37.2. The lowest BCUT2D eigenvalue weighted by atomic mass is 10.00. The van der Waals surface area contributed by atoms with Crippen LogP contribution in [0, 0.1) is 13.8 Å². The fourth-order valence-electron chi connectivity index (χ4n) is 5.88. The Morgan fingerprint density at radius 2 is 1.15 bits per heavy atom. The van der Waals surface area contributed by atoms with E-state index in [1.807, 2.05) is 104 Å².